The van der Waals surface area contributed by atoms with Gasteiger partial charge in [0, 0.05) is 25.4 Å². The number of hydrogen-bond acceptors (Lipinski definition) is 3. The molecule has 0 fully saturated rings. The van der Waals surface area contributed by atoms with E-state index in [9.17, 15) is 9.59 Å². The van der Waals surface area contributed by atoms with Crippen molar-refractivity contribution in [1.29, 1.82) is 0 Å². The number of carboxylic acid groups (broad SMARTS) is 1. The van der Waals surface area contributed by atoms with Gasteiger partial charge in [-0.05, 0) is 35.7 Å². The van der Waals surface area contributed by atoms with Crippen molar-refractivity contribution >= 4 is 11.9 Å². The van der Waals surface area contributed by atoms with Crippen molar-refractivity contribution in [1.82, 2.24) is 10.3 Å². The zero-order chi connectivity index (χ0) is 15.1. The van der Waals surface area contributed by atoms with Crippen molar-refractivity contribution in [2.24, 2.45) is 0 Å². The van der Waals surface area contributed by atoms with Gasteiger partial charge < -0.3 is 10.4 Å². The number of amides is 1. The highest BCUT2D eigenvalue weighted by Gasteiger charge is 2.04. The zero-order valence-electron chi connectivity index (χ0n) is 11.5. The summed E-state index contributed by atoms with van der Waals surface area (Å²) < 4.78 is 0. The lowest BCUT2D eigenvalue weighted by molar-refractivity contribution is -0.121. The lowest BCUT2D eigenvalue weighted by Gasteiger charge is -2.06. The average molecular weight is 284 g/mol. The number of aryl methyl sites for hydroxylation is 1. The van der Waals surface area contributed by atoms with Crippen LogP contribution < -0.4 is 5.32 Å². The van der Waals surface area contributed by atoms with Gasteiger partial charge in [-0.1, -0.05) is 18.2 Å². The maximum atomic E-state index is 11.7. The molecule has 0 aliphatic carbocycles. The molecular weight excluding hydrogens is 268 g/mol. The quantitative estimate of drug-likeness (QED) is 0.850. The number of carbonyl (C=O) groups is 2. The van der Waals surface area contributed by atoms with Crippen LogP contribution in [-0.2, 0) is 17.8 Å². The van der Waals surface area contributed by atoms with Crippen LogP contribution in [0.2, 0.25) is 0 Å². The average Bonchev–Trinajstić information content (AvgIpc) is 2.52. The maximum absolute atomic E-state index is 11.7. The van der Waals surface area contributed by atoms with Gasteiger partial charge in [0.25, 0.3) is 0 Å². The molecule has 1 aromatic heterocycles. The van der Waals surface area contributed by atoms with Crippen LogP contribution >= 0.6 is 0 Å². The Morgan fingerprint density at radius 1 is 1.10 bits per heavy atom. The highest BCUT2D eigenvalue weighted by molar-refractivity contribution is 5.87. The Morgan fingerprint density at radius 3 is 2.48 bits per heavy atom. The lowest BCUT2D eigenvalue weighted by atomic mass is 10.1. The summed E-state index contributed by atoms with van der Waals surface area (Å²) in [7, 11) is 0. The lowest BCUT2D eigenvalue weighted by Crippen LogP contribution is -2.23. The summed E-state index contributed by atoms with van der Waals surface area (Å²) in [5, 5.41) is 11.6. The molecule has 0 aliphatic rings. The highest BCUT2D eigenvalue weighted by atomic mass is 16.4. The van der Waals surface area contributed by atoms with Crippen LogP contribution in [0.15, 0.2) is 48.8 Å². The molecule has 0 aliphatic heterocycles. The molecule has 0 atom stereocenters. The molecule has 1 amide bonds. The molecule has 5 nitrogen and oxygen atoms in total. The van der Waals surface area contributed by atoms with Gasteiger partial charge in [0.15, 0.2) is 0 Å². The second-order valence-corrected chi connectivity index (χ2v) is 4.64. The SMILES string of the molecule is O=C(CCc1cccnc1)NCc1ccc(C(=O)O)cc1. The Morgan fingerprint density at radius 2 is 1.86 bits per heavy atom. The van der Waals surface area contributed by atoms with Gasteiger partial charge >= 0.3 is 5.97 Å². The van der Waals surface area contributed by atoms with Crippen LogP contribution in [0.5, 0.6) is 0 Å². The Bertz CT molecular complexity index is 609. The summed E-state index contributed by atoms with van der Waals surface area (Å²) in [5.74, 6) is -0.997. The largest absolute Gasteiger partial charge is 0.478 e. The van der Waals surface area contributed by atoms with Crippen molar-refractivity contribution < 1.29 is 14.7 Å². The number of benzene rings is 1. The minimum absolute atomic E-state index is 0.0406. The van der Waals surface area contributed by atoms with Crippen LogP contribution in [0.1, 0.15) is 27.9 Å². The van der Waals surface area contributed by atoms with Crippen molar-refractivity contribution in [3.05, 3.63) is 65.5 Å². The second-order valence-electron chi connectivity index (χ2n) is 4.64. The van der Waals surface area contributed by atoms with Crippen molar-refractivity contribution in [3.63, 3.8) is 0 Å². The van der Waals surface area contributed by atoms with Gasteiger partial charge in [0.1, 0.15) is 0 Å². The van der Waals surface area contributed by atoms with Crippen LogP contribution in [-0.4, -0.2) is 22.0 Å². The summed E-state index contributed by atoms with van der Waals surface area (Å²) >= 11 is 0. The summed E-state index contributed by atoms with van der Waals surface area (Å²) in [6, 6.07) is 10.2. The number of pyridine rings is 1. The van der Waals surface area contributed by atoms with E-state index >= 15 is 0 Å². The molecule has 0 bridgehead atoms. The maximum Gasteiger partial charge on any atom is 0.335 e. The molecule has 0 radical (unpaired) electrons. The first kappa shape index (κ1) is 14.7. The molecule has 5 heteroatoms. The summed E-state index contributed by atoms with van der Waals surface area (Å²) in [5.41, 5.74) is 2.13. The van der Waals surface area contributed by atoms with E-state index in [4.69, 9.17) is 5.11 Å². The van der Waals surface area contributed by atoms with Crippen LogP contribution in [0.3, 0.4) is 0 Å². The normalized spacial score (nSPS) is 10.1. The fourth-order valence-electron chi connectivity index (χ4n) is 1.86. The van der Waals surface area contributed by atoms with Crippen molar-refractivity contribution in [3.8, 4) is 0 Å². The number of carbonyl (C=O) groups excluding carboxylic acids is 1. The monoisotopic (exact) mass is 284 g/mol. The van der Waals surface area contributed by atoms with Gasteiger partial charge in [-0.15, -0.1) is 0 Å². The fourth-order valence-corrected chi connectivity index (χ4v) is 1.86. The van der Waals surface area contributed by atoms with E-state index in [-0.39, 0.29) is 11.5 Å². The molecule has 2 N–H and O–H groups in total. The Balaban J connectivity index is 1.77. The van der Waals surface area contributed by atoms with Gasteiger partial charge in [-0.2, -0.15) is 0 Å². The zero-order valence-corrected chi connectivity index (χ0v) is 11.5. The number of carboxylic acids is 1. The Hall–Kier alpha value is -2.69. The molecule has 1 aromatic carbocycles. The predicted octanol–water partition coefficient (Wildman–Crippen LogP) is 2.03. The molecule has 2 rings (SSSR count). The van der Waals surface area contributed by atoms with Crippen LogP contribution in [0, 0.1) is 0 Å². The topological polar surface area (TPSA) is 79.3 Å². The first-order valence-corrected chi connectivity index (χ1v) is 6.63. The standard InChI is InChI=1S/C16H16N2O3/c19-15(8-5-12-2-1-9-17-10-12)18-11-13-3-6-14(7-4-13)16(20)21/h1-4,6-7,9-10H,5,8,11H2,(H,18,19)(H,20,21). The van der Waals surface area contributed by atoms with Gasteiger partial charge in [-0.3, -0.25) is 9.78 Å². The molecule has 0 saturated heterocycles. The molecule has 0 spiro atoms. The summed E-state index contributed by atoms with van der Waals surface area (Å²) in [6.45, 7) is 0.395. The number of rotatable bonds is 6. The molecule has 0 saturated carbocycles. The molecule has 1 heterocycles. The molecular formula is C16H16N2O3. The molecule has 2 aromatic rings. The number of nitrogens with one attached hydrogen (secondary N) is 1. The number of aromatic nitrogens is 1. The van der Waals surface area contributed by atoms with E-state index in [1.54, 1.807) is 24.5 Å². The van der Waals surface area contributed by atoms with E-state index in [2.05, 4.69) is 10.3 Å². The minimum atomic E-state index is -0.956. The van der Waals surface area contributed by atoms with Gasteiger partial charge in [0.05, 0.1) is 5.56 Å². The van der Waals surface area contributed by atoms with Crippen LogP contribution in [0.25, 0.3) is 0 Å². The van der Waals surface area contributed by atoms with Gasteiger partial charge in [-0.25, -0.2) is 4.79 Å². The summed E-state index contributed by atoms with van der Waals surface area (Å²) in [6.07, 6.45) is 4.50. The predicted molar refractivity (Wildman–Crippen MR) is 77.8 cm³/mol. The van der Waals surface area contributed by atoms with E-state index < -0.39 is 5.97 Å². The van der Waals surface area contributed by atoms with Gasteiger partial charge in [0.2, 0.25) is 5.91 Å². The highest BCUT2D eigenvalue weighted by Crippen LogP contribution is 2.05. The summed E-state index contributed by atoms with van der Waals surface area (Å²) in [4.78, 5) is 26.5. The third-order valence-corrected chi connectivity index (χ3v) is 3.05. The van der Waals surface area contributed by atoms with Crippen molar-refractivity contribution in [2.45, 2.75) is 19.4 Å². The first-order chi connectivity index (χ1) is 10.1. The third-order valence-electron chi connectivity index (χ3n) is 3.05. The smallest absolute Gasteiger partial charge is 0.335 e. The molecule has 0 unspecified atom stereocenters. The van der Waals surface area contributed by atoms with E-state index in [0.717, 1.165) is 11.1 Å². The first-order valence-electron chi connectivity index (χ1n) is 6.63. The van der Waals surface area contributed by atoms with E-state index in [1.807, 2.05) is 12.1 Å². The van der Waals surface area contributed by atoms with E-state index in [0.29, 0.717) is 19.4 Å². The third kappa shape index (κ3) is 4.72. The van der Waals surface area contributed by atoms with Crippen LogP contribution in [0.4, 0.5) is 0 Å². The molecule has 108 valence electrons. The second kappa shape index (κ2) is 7.19. The number of aromatic carboxylic acids is 1. The minimum Gasteiger partial charge on any atom is -0.478 e. The van der Waals surface area contributed by atoms with Crippen molar-refractivity contribution in [2.75, 3.05) is 0 Å². The van der Waals surface area contributed by atoms with E-state index in [1.165, 1.54) is 12.1 Å². The number of nitrogens with zero attached hydrogens (tertiary/aromatic N) is 1. The fraction of sp³-hybridized carbons (Fsp3) is 0.188. The Kier molecular flexibility index (Phi) is 5.04. The number of hydrogen-bond donors (Lipinski definition) is 2. The Labute approximate surface area is 122 Å². The molecule has 21 heavy (non-hydrogen) atoms.